The maximum absolute atomic E-state index is 5.62. The second-order valence-electron chi connectivity index (χ2n) is 5.67. The normalized spacial score (nSPS) is 19.6. The van der Waals surface area contributed by atoms with Gasteiger partial charge in [-0.3, -0.25) is 0 Å². The highest BCUT2D eigenvalue weighted by Gasteiger charge is 2.22. The zero-order valence-electron chi connectivity index (χ0n) is 12.9. The molecule has 0 spiro atoms. The van der Waals surface area contributed by atoms with Gasteiger partial charge in [-0.2, -0.15) is 0 Å². The standard InChI is InChI=1S/C15H32O3Si/c1-3-4-5-6-10-19(12-9-16-2)11-7-8-17-13-15-14-18-15/h15,19H,3-14H2,1-2H3. The molecule has 2 unspecified atom stereocenters. The third kappa shape index (κ3) is 10.5. The monoisotopic (exact) mass is 288 g/mol. The van der Waals surface area contributed by atoms with Gasteiger partial charge >= 0.3 is 0 Å². The first-order valence-electron chi connectivity index (χ1n) is 8.05. The lowest BCUT2D eigenvalue weighted by Gasteiger charge is -2.15. The molecule has 0 saturated carbocycles. The van der Waals surface area contributed by atoms with Crippen molar-refractivity contribution in [2.24, 2.45) is 0 Å². The second kappa shape index (κ2) is 11.9. The smallest absolute Gasteiger partial charge is 0.104 e. The molecular formula is C15H32O3Si. The van der Waals surface area contributed by atoms with Gasteiger partial charge in [0.25, 0.3) is 0 Å². The summed E-state index contributed by atoms with van der Waals surface area (Å²) in [5, 5.41) is 0. The van der Waals surface area contributed by atoms with Crippen molar-refractivity contribution in [3.63, 3.8) is 0 Å². The number of unbranched alkanes of at least 4 members (excludes halogenated alkanes) is 3. The van der Waals surface area contributed by atoms with Crippen LogP contribution in [0.4, 0.5) is 0 Å². The Hall–Kier alpha value is 0.0969. The average Bonchev–Trinajstić information content (AvgIpc) is 3.23. The SMILES string of the molecule is CCCCCC[SiH](CCCOCC1CO1)CCOC. The number of epoxide rings is 1. The van der Waals surface area contributed by atoms with Crippen molar-refractivity contribution in [2.45, 2.75) is 63.3 Å². The molecular weight excluding hydrogens is 256 g/mol. The van der Waals surface area contributed by atoms with Crippen LogP contribution in [0.3, 0.4) is 0 Å². The van der Waals surface area contributed by atoms with Crippen LogP contribution in [0.15, 0.2) is 0 Å². The van der Waals surface area contributed by atoms with Crippen LogP contribution >= 0.6 is 0 Å². The van der Waals surface area contributed by atoms with Crippen LogP contribution in [0.2, 0.25) is 18.1 Å². The van der Waals surface area contributed by atoms with E-state index in [0.717, 1.165) is 26.4 Å². The maximum Gasteiger partial charge on any atom is 0.104 e. The zero-order valence-corrected chi connectivity index (χ0v) is 14.0. The first-order valence-corrected chi connectivity index (χ1v) is 10.5. The van der Waals surface area contributed by atoms with E-state index in [1.807, 2.05) is 7.11 Å². The minimum absolute atomic E-state index is 0.413. The van der Waals surface area contributed by atoms with Crippen molar-refractivity contribution in [3.05, 3.63) is 0 Å². The quantitative estimate of drug-likeness (QED) is 0.279. The molecule has 0 aromatic rings. The van der Waals surface area contributed by atoms with Gasteiger partial charge in [0, 0.05) is 29.1 Å². The molecule has 19 heavy (non-hydrogen) atoms. The molecule has 0 aromatic carbocycles. The third-order valence-electron chi connectivity index (χ3n) is 3.80. The van der Waals surface area contributed by atoms with Crippen LogP contribution in [0.25, 0.3) is 0 Å². The average molecular weight is 289 g/mol. The molecule has 0 aliphatic carbocycles. The van der Waals surface area contributed by atoms with E-state index in [2.05, 4.69) is 6.92 Å². The Morgan fingerprint density at radius 2 is 1.84 bits per heavy atom. The van der Waals surface area contributed by atoms with E-state index < -0.39 is 8.80 Å². The molecule has 4 heteroatoms. The molecule has 0 N–H and O–H groups in total. The topological polar surface area (TPSA) is 31.0 Å². The summed E-state index contributed by atoms with van der Waals surface area (Å²) in [6, 6.07) is 4.25. The number of rotatable bonds is 14. The Morgan fingerprint density at radius 3 is 2.53 bits per heavy atom. The minimum atomic E-state index is -0.582. The Morgan fingerprint density at radius 1 is 1.05 bits per heavy atom. The summed E-state index contributed by atoms with van der Waals surface area (Å²) in [7, 11) is 1.24. The largest absolute Gasteiger partial charge is 0.385 e. The molecule has 1 aliphatic heterocycles. The van der Waals surface area contributed by atoms with Crippen LogP contribution in [0.5, 0.6) is 0 Å². The molecule has 1 aliphatic rings. The second-order valence-corrected chi connectivity index (χ2v) is 9.13. The van der Waals surface area contributed by atoms with E-state index in [-0.39, 0.29) is 0 Å². The van der Waals surface area contributed by atoms with Crippen LogP contribution in [0.1, 0.15) is 39.0 Å². The number of hydrogen-bond acceptors (Lipinski definition) is 3. The Labute approximate surface area is 120 Å². The van der Waals surface area contributed by atoms with Crippen molar-refractivity contribution >= 4 is 8.80 Å². The van der Waals surface area contributed by atoms with Gasteiger partial charge in [0.2, 0.25) is 0 Å². The van der Waals surface area contributed by atoms with Crippen LogP contribution < -0.4 is 0 Å². The summed E-state index contributed by atoms with van der Waals surface area (Å²) in [6.45, 7) is 5.87. The fourth-order valence-corrected chi connectivity index (χ4v) is 5.48. The predicted octanol–water partition coefficient (Wildman–Crippen LogP) is 3.25. The van der Waals surface area contributed by atoms with Crippen LogP contribution in [0, 0.1) is 0 Å². The summed E-state index contributed by atoms with van der Waals surface area (Å²) in [5.74, 6) is 0. The minimum Gasteiger partial charge on any atom is -0.385 e. The molecule has 0 radical (unpaired) electrons. The molecule has 0 amide bonds. The van der Waals surface area contributed by atoms with Crippen molar-refractivity contribution in [2.75, 3.05) is 33.5 Å². The summed E-state index contributed by atoms with van der Waals surface area (Å²) in [4.78, 5) is 0. The molecule has 1 heterocycles. The number of methoxy groups -OCH3 is 1. The highest BCUT2D eigenvalue weighted by molar-refractivity contribution is 6.58. The lowest BCUT2D eigenvalue weighted by atomic mass is 10.2. The van der Waals surface area contributed by atoms with Gasteiger partial charge in [-0.1, -0.05) is 44.7 Å². The van der Waals surface area contributed by atoms with E-state index >= 15 is 0 Å². The van der Waals surface area contributed by atoms with Crippen LogP contribution in [-0.4, -0.2) is 48.4 Å². The zero-order chi connectivity index (χ0) is 13.8. The molecule has 0 aromatic heterocycles. The Bertz CT molecular complexity index is 198. The van der Waals surface area contributed by atoms with Gasteiger partial charge in [0.15, 0.2) is 0 Å². The summed E-state index contributed by atoms with van der Waals surface area (Å²) in [5.41, 5.74) is 0. The van der Waals surface area contributed by atoms with Crippen molar-refractivity contribution < 1.29 is 14.2 Å². The van der Waals surface area contributed by atoms with E-state index in [0.29, 0.717) is 6.10 Å². The summed E-state index contributed by atoms with van der Waals surface area (Å²) < 4.78 is 16.0. The van der Waals surface area contributed by atoms with Crippen molar-refractivity contribution in [3.8, 4) is 0 Å². The van der Waals surface area contributed by atoms with Gasteiger partial charge < -0.3 is 14.2 Å². The molecule has 3 nitrogen and oxygen atoms in total. The first kappa shape index (κ1) is 17.1. The predicted molar refractivity (Wildman–Crippen MR) is 82.8 cm³/mol. The molecule has 1 saturated heterocycles. The fraction of sp³-hybridized carbons (Fsp3) is 1.00. The van der Waals surface area contributed by atoms with Crippen molar-refractivity contribution in [1.29, 1.82) is 0 Å². The molecule has 0 bridgehead atoms. The van der Waals surface area contributed by atoms with Gasteiger partial charge in [0.05, 0.1) is 13.2 Å². The highest BCUT2D eigenvalue weighted by atomic mass is 28.3. The molecule has 1 rings (SSSR count). The lowest BCUT2D eigenvalue weighted by molar-refractivity contribution is 0.117. The molecule has 1 fully saturated rings. The van der Waals surface area contributed by atoms with E-state index in [1.165, 1.54) is 50.2 Å². The lowest BCUT2D eigenvalue weighted by Crippen LogP contribution is -2.16. The van der Waals surface area contributed by atoms with Crippen molar-refractivity contribution in [1.82, 2.24) is 0 Å². The number of ether oxygens (including phenoxy) is 3. The molecule has 114 valence electrons. The third-order valence-corrected chi connectivity index (χ3v) is 7.30. The summed E-state index contributed by atoms with van der Waals surface area (Å²) in [6.07, 6.45) is 7.24. The van der Waals surface area contributed by atoms with E-state index in [9.17, 15) is 0 Å². The first-order chi connectivity index (χ1) is 9.36. The number of hydrogen-bond donors (Lipinski definition) is 0. The Balaban J connectivity index is 1.98. The van der Waals surface area contributed by atoms with E-state index in [1.54, 1.807) is 0 Å². The van der Waals surface area contributed by atoms with Gasteiger partial charge in [-0.25, -0.2) is 0 Å². The highest BCUT2D eigenvalue weighted by Crippen LogP contribution is 2.15. The summed E-state index contributed by atoms with van der Waals surface area (Å²) >= 11 is 0. The van der Waals surface area contributed by atoms with E-state index in [4.69, 9.17) is 14.2 Å². The van der Waals surface area contributed by atoms with Gasteiger partial charge in [0.1, 0.15) is 6.10 Å². The fourth-order valence-electron chi connectivity index (χ4n) is 2.43. The van der Waals surface area contributed by atoms with Crippen LogP contribution in [-0.2, 0) is 14.2 Å². The molecule has 2 atom stereocenters. The van der Waals surface area contributed by atoms with Gasteiger partial charge in [-0.15, -0.1) is 0 Å². The Kier molecular flexibility index (Phi) is 10.7. The maximum atomic E-state index is 5.62. The van der Waals surface area contributed by atoms with Gasteiger partial charge in [-0.05, 0) is 12.5 Å².